The van der Waals surface area contributed by atoms with Crippen LogP contribution in [0.15, 0.2) is 33.8 Å². The van der Waals surface area contributed by atoms with Gasteiger partial charge in [0.05, 0.1) is 24.5 Å². The Labute approximate surface area is 217 Å². The number of ether oxygens (including phenoxy) is 2. The second-order valence-electron chi connectivity index (χ2n) is 7.73. The minimum Gasteiger partial charge on any atom is -0.476 e. The Balaban J connectivity index is 0.00000298. The zero-order chi connectivity index (χ0) is 25.9. The number of hydrogen-bond acceptors (Lipinski definition) is 9. The van der Waals surface area contributed by atoms with Gasteiger partial charge in [-0.05, 0) is 31.1 Å². The monoisotopic (exact) mass is 506 g/mol. The molecule has 9 heteroatoms. The molecule has 8 nitrogen and oxygen atoms in total. The first-order valence-electron chi connectivity index (χ1n) is 13.0. The quantitative estimate of drug-likeness (QED) is 0.254. The lowest BCUT2D eigenvalue weighted by molar-refractivity contribution is 0.0320. The van der Waals surface area contributed by atoms with E-state index in [1.54, 1.807) is 18.0 Å². The molecular weight excluding hydrogens is 460 g/mol. The van der Waals surface area contributed by atoms with Crippen molar-refractivity contribution in [3.63, 3.8) is 0 Å². The summed E-state index contributed by atoms with van der Waals surface area (Å²) in [5.74, 6) is 1.97. The Morgan fingerprint density at radius 1 is 1.23 bits per heavy atom. The van der Waals surface area contributed by atoms with E-state index in [4.69, 9.17) is 14.5 Å². The van der Waals surface area contributed by atoms with Crippen molar-refractivity contribution in [1.29, 1.82) is 0 Å². The van der Waals surface area contributed by atoms with Gasteiger partial charge in [0.15, 0.2) is 5.82 Å². The molecule has 0 radical (unpaired) electrons. The third kappa shape index (κ3) is 12.4. The SMILES string of the molecule is C=C(CC)S/C(=C\C)N/N=C/c1nc(OCCN2CCOCC2)cc(N(CCC)CCC)n1.CC. The van der Waals surface area contributed by atoms with Crippen LogP contribution < -0.4 is 15.1 Å². The topological polar surface area (TPSA) is 75.1 Å². The summed E-state index contributed by atoms with van der Waals surface area (Å²) in [4.78, 5) is 15.0. The van der Waals surface area contributed by atoms with Crippen molar-refractivity contribution in [2.24, 2.45) is 5.10 Å². The minimum atomic E-state index is 0.522. The van der Waals surface area contributed by atoms with Crippen LogP contribution in [0, 0.1) is 0 Å². The molecule has 35 heavy (non-hydrogen) atoms. The third-order valence-corrected chi connectivity index (χ3v) is 6.17. The highest BCUT2D eigenvalue weighted by molar-refractivity contribution is 8.06. The van der Waals surface area contributed by atoms with E-state index in [-0.39, 0.29) is 0 Å². The molecule has 0 aromatic carbocycles. The van der Waals surface area contributed by atoms with Crippen LogP contribution >= 0.6 is 11.8 Å². The average molecular weight is 507 g/mol. The minimum absolute atomic E-state index is 0.522. The fraction of sp³-hybridized carbons (Fsp3) is 0.654. The summed E-state index contributed by atoms with van der Waals surface area (Å²) < 4.78 is 11.5. The number of nitrogens with one attached hydrogen (secondary N) is 1. The van der Waals surface area contributed by atoms with Crippen molar-refractivity contribution < 1.29 is 9.47 Å². The Morgan fingerprint density at radius 3 is 2.51 bits per heavy atom. The second-order valence-corrected chi connectivity index (χ2v) is 8.95. The van der Waals surface area contributed by atoms with E-state index in [0.717, 1.165) is 81.0 Å². The summed E-state index contributed by atoms with van der Waals surface area (Å²) in [5.41, 5.74) is 3.07. The molecule has 1 saturated heterocycles. The molecule has 1 aromatic heterocycles. The van der Waals surface area contributed by atoms with E-state index in [2.05, 4.69) is 52.7 Å². The summed E-state index contributed by atoms with van der Waals surface area (Å²) in [6.45, 7) is 23.2. The molecule has 0 aliphatic carbocycles. The molecule has 0 unspecified atom stereocenters. The Hall–Kier alpha value is -2.10. The number of morpholine rings is 1. The van der Waals surface area contributed by atoms with E-state index in [9.17, 15) is 0 Å². The molecule has 1 N–H and O–H groups in total. The molecule has 1 fully saturated rings. The Bertz CT molecular complexity index is 775. The third-order valence-electron chi connectivity index (χ3n) is 5.04. The summed E-state index contributed by atoms with van der Waals surface area (Å²) in [7, 11) is 0. The highest BCUT2D eigenvalue weighted by atomic mass is 32.2. The van der Waals surface area contributed by atoms with Gasteiger partial charge < -0.3 is 14.4 Å². The molecule has 198 valence electrons. The van der Waals surface area contributed by atoms with Gasteiger partial charge in [0, 0.05) is 38.8 Å². The maximum atomic E-state index is 6.04. The van der Waals surface area contributed by atoms with Gasteiger partial charge in [0.1, 0.15) is 12.4 Å². The molecule has 2 heterocycles. The van der Waals surface area contributed by atoms with Crippen molar-refractivity contribution in [1.82, 2.24) is 20.3 Å². The molecular formula is C26H46N6O2S. The molecule has 0 bridgehead atoms. The summed E-state index contributed by atoms with van der Waals surface area (Å²) in [6, 6.07) is 1.94. The van der Waals surface area contributed by atoms with Gasteiger partial charge in [0.2, 0.25) is 5.88 Å². The number of rotatable bonds is 15. The standard InChI is InChI=1S/C24H40N6O2S.C2H6/c1-6-10-30(11-7-2)22-18-23(32-17-14-29-12-15-31-16-13-29)27-21(26-22)19-25-28-24(9-4)33-20(5)8-3;1-2/h9,18-19,28H,5-8,10-17H2,1-4H3;1-2H3/b24-9-,25-19+;. The molecule has 1 aliphatic rings. The predicted octanol–water partition coefficient (Wildman–Crippen LogP) is 5.28. The number of aromatic nitrogens is 2. The van der Waals surface area contributed by atoms with Gasteiger partial charge in [-0.3, -0.25) is 10.3 Å². The van der Waals surface area contributed by atoms with Gasteiger partial charge in [-0.25, -0.2) is 4.98 Å². The zero-order valence-electron chi connectivity index (χ0n) is 22.7. The fourth-order valence-electron chi connectivity index (χ4n) is 3.24. The van der Waals surface area contributed by atoms with E-state index >= 15 is 0 Å². The van der Waals surface area contributed by atoms with Gasteiger partial charge in [0.25, 0.3) is 0 Å². The zero-order valence-corrected chi connectivity index (χ0v) is 23.5. The summed E-state index contributed by atoms with van der Waals surface area (Å²) in [6.07, 6.45) is 6.63. The molecule has 1 aliphatic heterocycles. The van der Waals surface area contributed by atoms with E-state index < -0.39 is 0 Å². The van der Waals surface area contributed by atoms with Gasteiger partial charge >= 0.3 is 0 Å². The number of hydrogen-bond donors (Lipinski definition) is 1. The number of nitrogens with zero attached hydrogens (tertiary/aromatic N) is 5. The van der Waals surface area contributed by atoms with Crippen LogP contribution in [0.25, 0.3) is 0 Å². The lowest BCUT2D eigenvalue weighted by atomic mass is 10.3. The van der Waals surface area contributed by atoms with Crippen molar-refractivity contribution in [3.05, 3.63) is 34.5 Å². The summed E-state index contributed by atoms with van der Waals surface area (Å²) in [5, 5.41) is 5.29. The first kappa shape index (κ1) is 30.9. The van der Waals surface area contributed by atoms with Gasteiger partial charge in [-0.1, -0.05) is 59.0 Å². The lowest BCUT2D eigenvalue weighted by Gasteiger charge is -2.26. The van der Waals surface area contributed by atoms with Crippen LogP contribution in [0.2, 0.25) is 0 Å². The molecule has 0 amide bonds. The average Bonchev–Trinajstić information content (AvgIpc) is 2.89. The first-order valence-corrected chi connectivity index (χ1v) is 13.8. The molecule has 2 rings (SSSR count). The van der Waals surface area contributed by atoms with Crippen LogP contribution in [0.4, 0.5) is 5.82 Å². The van der Waals surface area contributed by atoms with Gasteiger partial charge in [-0.2, -0.15) is 10.1 Å². The smallest absolute Gasteiger partial charge is 0.219 e. The fourth-order valence-corrected chi connectivity index (χ4v) is 3.91. The van der Waals surface area contributed by atoms with Crippen LogP contribution in [0.5, 0.6) is 5.88 Å². The largest absolute Gasteiger partial charge is 0.476 e. The number of hydrazone groups is 1. The van der Waals surface area contributed by atoms with E-state index in [0.29, 0.717) is 18.3 Å². The van der Waals surface area contributed by atoms with Crippen molar-refractivity contribution >= 4 is 23.8 Å². The van der Waals surface area contributed by atoms with Crippen molar-refractivity contribution in [3.8, 4) is 5.88 Å². The maximum Gasteiger partial charge on any atom is 0.219 e. The molecule has 0 atom stereocenters. The van der Waals surface area contributed by atoms with E-state index in [1.165, 1.54) is 0 Å². The number of anilines is 1. The normalized spacial score (nSPS) is 14.4. The number of thioether (sulfide) groups is 1. The molecule has 1 aromatic rings. The maximum absolute atomic E-state index is 6.04. The lowest BCUT2D eigenvalue weighted by Crippen LogP contribution is -2.38. The summed E-state index contributed by atoms with van der Waals surface area (Å²) >= 11 is 1.58. The highest BCUT2D eigenvalue weighted by Gasteiger charge is 2.13. The Morgan fingerprint density at radius 2 is 1.91 bits per heavy atom. The first-order chi connectivity index (χ1) is 17.1. The number of allylic oxidation sites excluding steroid dienone is 2. The molecule has 0 spiro atoms. The Kier molecular flexibility index (Phi) is 16.9. The van der Waals surface area contributed by atoms with E-state index in [1.807, 2.05) is 32.9 Å². The van der Waals surface area contributed by atoms with Crippen LogP contribution in [0.1, 0.15) is 66.6 Å². The van der Waals surface area contributed by atoms with Gasteiger partial charge in [-0.15, -0.1) is 0 Å². The van der Waals surface area contributed by atoms with Crippen LogP contribution in [-0.2, 0) is 4.74 Å². The molecule has 0 saturated carbocycles. The second kappa shape index (κ2) is 19.1. The van der Waals surface area contributed by atoms with Crippen LogP contribution in [-0.4, -0.2) is 73.6 Å². The highest BCUT2D eigenvalue weighted by Crippen LogP contribution is 2.24. The van der Waals surface area contributed by atoms with Crippen molar-refractivity contribution in [2.75, 3.05) is 57.4 Å². The van der Waals surface area contributed by atoms with Crippen molar-refractivity contribution in [2.45, 2.75) is 60.8 Å². The predicted molar refractivity (Wildman–Crippen MR) is 150 cm³/mol. The van der Waals surface area contributed by atoms with Crippen LogP contribution in [0.3, 0.4) is 0 Å².